The summed E-state index contributed by atoms with van der Waals surface area (Å²) in [6, 6.07) is 0. The van der Waals surface area contributed by atoms with Crippen molar-refractivity contribution in [1.82, 2.24) is 9.80 Å². The van der Waals surface area contributed by atoms with Gasteiger partial charge in [0.1, 0.15) is 0 Å². The number of hydrogen-bond acceptors (Lipinski definition) is 2. The van der Waals surface area contributed by atoms with Crippen molar-refractivity contribution >= 4 is 11.8 Å². The Labute approximate surface area is 134 Å². The first kappa shape index (κ1) is 15.8. The molecular formula is C18H30N2O2. The average Bonchev–Trinajstić information content (AvgIpc) is 2.97. The quantitative estimate of drug-likeness (QED) is 0.804. The molecule has 4 nitrogen and oxygen atoms in total. The molecule has 4 heteroatoms. The lowest BCUT2D eigenvalue weighted by molar-refractivity contribution is -0.147. The van der Waals surface area contributed by atoms with Crippen molar-refractivity contribution in [3.05, 3.63) is 0 Å². The minimum atomic E-state index is -0.252. The number of amides is 2. The summed E-state index contributed by atoms with van der Waals surface area (Å²) in [6.07, 6.45) is 10.1. The third-order valence-electron chi connectivity index (χ3n) is 6.04. The second kappa shape index (κ2) is 6.59. The number of likely N-dealkylation sites (tertiary alicyclic amines) is 2. The minimum absolute atomic E-state index is 0.203. The predicted octanol–water partition coefficient (Wildman–Crippen LogP) is 2.82. The van der Waals surface area contributed by atoms with Crippen LogP contribution in [0.3, 0.4) is 0 Å². The number of piperidine rings is 1. The zero-order valence-electron chi connectivity index (χ0n) is 14.0. The molecule has 2 heterocycles. The van der Waals surface area contributed by atoms with Crippen LogP contribution in [-0.4, -0.2) is 47.8 Å². The zero-order valence-corrected chi connectivity index (χ0v) is 14.0. The molecule has 1 spiro atoms. The molecule has 0 aromatic carbocycles. The Bertz CT molecular complexity index is 431. The van der Waals surface area contributed by atoms with Gasteiger partial charge in [-0.3, -0.25) is 9.59 Å². The van der Waals surface area contributed by atoms with Gasteiger partial charge >= 0.3 is 0 Å². The topological polar surface area (TPSA) is 40.6 Å². The van der Waals surface area contributed by atoms with Gasteiger partial charge in [-0.2, -0.15) is 0 Å². The monoisotopic (exact) mass is 306 g/mol. The maximum atomic E-state index is 13.1. The molecule has 0 bridgehead atoms. The lowest BCUT2D eigenvalue weighted by atomic mass is 9.77. The third-order valence-corrected chi connectivity index (χ3v) is 6.04. The van der Waals surface area contributed by atoms with Crippen LogP contribution in [0.5, 0.6) is 0 Å². The first-order valence-corrected chi connectivity index (χ1v) is 9.22. The molecule has 1 aliphatic carbocycles. The van der Waals surface area contributed by atoms with Gasteiger partial charge in [0.05, 0.1) is 5.41 Å². The Morgan fingerprint density at radius 1 is 1.14 bits per heavy atom. The Morgan fingerprint density at radius 2 is 1.91 bits per heavy atom. The highest BCUT2D eigenvalue weighted by Gasteiger charge is 2.49. The van der Waals surface area contributed by atoms with Gasteiger partial charge in [-0.05, 0) is 38.0 Å². The smallest absolute Gasteiger partial charge is 0.230 e. The molecule has 1 unspecified atom stereocenters. The number of carbonyl (C=O) groups excluding carboxylic acids is 2. The van der Waals surface area contributed by atoms with Crippen LogP contribution in [0.4, 0.5) is 0 Å². The van der Waals surface area contributed by atoms with Gasteiger partial charge in [-0.15, -0.1) is 0 Å². The molecule has 2 saturated heterocycles. The van der Waals surface area contributed by atoms with Crippen LogP contribution in [0, 0.1) is 11.3 Å². The van der Waals surface area contributed by atoms with E-state index in [0.29, 0.717) is 24.8 Å². The van der Waals surface area contributed by atoms with E-state index in [1.54, 1.807) is 0 Å². The zero-order chi connectivity index (χ0) is 15.6. The van der Waals surface area contributed by atoms with Gasteiger partial charge in [0.2, 0.25) is 11.8 Å². The molecule has 2 aliphatic heterocycles. The Hall–Kier alpha value is -1.06. The van der Waals surface area contributed by atoms with E-state index < -0.39 is 0 Å². The fraction of sp³-hybridized carbons (Fsp3) is 0.889. The van der Waals surface area contributed by atoms with Crippen molar-refractivity contribution in [2.24, 2.45) is 11.3 Å². The van der Waals surface area contributed by atoms with Gasteiger partial charge in [-0.25, -0.2) is 0 Å². The van der Waals surface area contributed by atoms with Gasteiger partial charge in [0, 0.05) is 32.6 Å². The van der Waals surface area contributed by atoms with E-state index in [9.17, 15) is 9.59 Å². The molecule has 124 valence electrons. The molecule has 0 radical (unpaired) electrons. The Kier molecular flexibility index (Phi) is 4.74. The largest absolute Gasteiger partial charge is 0.342 e. The molecule has 0 N–H and O–H groups in total. The van der Waals surface area contributed by atoms with Gasteiger partial charge in [-0.1, -0.05) is 26.2 Å². The van der Waals surface area contributed by atoms with Crippen molar-refractivity contribution in [1.29, 1.82) is 0 Å². The Morgan fingerprint density at radius 3 is 2.64 bits per heavy atom. The standard InChI is InChI=1S/C18H30N2O2/c1-2-16(21)20-12-10-18(14-20)9-6-11-19(17(18)22)13-15-7-4-3-5-8-15/h15H,2-14H2,1H3. The number of nitrogens with zero attached hydrogens (tertiary/aromatic N) is 2. The normalized spacial score (nSPS) is 30.3. The van der Waals surface area contributed by atoms with Crippen molar-refractivity contribution in [3.63, 3.8) is 0 Å². The summed E-state index contributed by atoms with van der Waals surface area (Å²) in [4.78, 5) is 29.1. The maximum absolute atomic E-state index is 13.1. The van der Waals surface area contributed by atoms with Crippen LogP contribution in [0.15, 0.2) is 0 Å². The summed E-state index contributed by atoms with van der Waals surface area (Å²) in [5.41, 5.74) is -0.252. The molecule has 0 aromatic heterocycles. The van der Waals surface area contributed by atoms with E-state index in [1.807, 2.05) is 11.8 Å². The highest BCUT2D eigenvalue weighted by Crippen LogP contribution is 2.41. The van der Waals surface area contributed by atoms with Crippen molar-refractivity contribution < 1.29 is 9.59 Å². The van der Waals surface area contributed by atoms with Crippen LogP contribution < -0.4 is 0 Å². The molecule has 1 atom stereocenters. The average molecular weight is 306 g/mol. The van der Waals surface area contributed by atoms with E-state index in [-0.39, 0.29) is 11.3 Å². The van der Waals surface area contributed by atoms with Crippen molar-refractivity contribution in [3.8, 4) is 0 Å². The van der Waals surface area contributed by atoms with Crippen LogP contribution in [0.1, 0.15) is 64.7 Å². The fourth-order valence-electron chi connectivity index (χ4n) is 4.70. The molecule has 2 amide bonds. The molecule has 22 heavy (non-hydrogen) atoms. The number of carbonyl (C=O) groups is 2. The van der Waals surface area contributed by atoms with Gasteiger partial charge < -0.3 is 9.80 Å². The van der Waals surface area contributed by atoms with Gasteiger partial charge in [0.25, 0.3) is 0 Å². The second-order valence-electron chi connectivity index (χ2n) is 7.56. The summed E-state index contributed by atoms with van der Waals surface area (Å²) in [6.45, 7) is 5.24. The fourth-order valence-corrected chi connectivity index (χ4v) is 4.70. The molecule has 3 aliphatic rings. The van der Waals surface area contributed by atoms with Crippen LogP contribution in [-0.2, 0) is 9.59 Å². The van der Waals surface area contributed by atoms with Crippen molar-refractivity contribution in [2.45, 2.75) is 64.7 Å². The second-order valence-corrected chi connectivity index (χ2v) is 7.56. The van der Waals surface area contributed by atoms with Crippen LogP contribution in [0.2, 0.25) is 0 Å². The van der Waals surface area contributed by atoms with E-state index in [1.165, 1.54) is 32.1 Å². The van der Waals surface area contributed by atoms with E-state index >= 15 is 0 Å². The SMILES string of the molecule is CCC(=O)N1CCC2(CCCN(CC3CCCCC3)C2=O)C1. The molecular weight excluding hydrogens is 276 g/mol. The summed E-state index contributed by atoms with van der Waals surface area (Å²) < 4.78 is 0. The van der Waals surface area contributed by atoms with Crippen molar-refractivity contribution in [2.75, 3.05) is 26.2 Å². The van der Waals surface area contributed by atoms with E-state index in [0.717, 1.165) is 38.9 Å². The first-order valence-electron chi connectivity index (χ1n) is 9.22. The summed E-state index contributed by atoms with van der Waals surface area (Å²) >= 11 is 0. The molecule has 3 fully saturated rings. The number of hydrogen-bond donors (Lipinski definition) is 0. The first-order chi connectivity index (χ1) is 10.6. The van der Waals surface area contributed by atoms with Crippen LogP contribution >= 0.6 is 0 Å². The summed E-state index contributed by atoms with van der Waals surface area (Å²) in [7, 11) is 0. The van der Waals surface area contributed by atoms with E-state index in [2.05, 4.69) is 4.90 Å². The maximum Gasteiger partial charge on any atom is 0.230 e. The van der Waals surface area contributed by atoms with Crippen LogP contribution in [0.25, 0.3) is 0 Å². The number of rotatable bonds is 3. The van der Waals surface area contributed by atoms with Gasteiger partial charge in [0.15, 0.2) is 0 Å². The predicted molar refractivity (Wildman–Crippen MR) is 86.3 cm³/mol. The summed E-state index contributed by atoms with van der Waals surface area (Å²) in [5, 5.41) is 0. The lowest BCUT2D eigenvalue weighted by Crippen LogP contribution is -2.51. The third kappa shape index (κ3) is 3.02. The summed E-state index contributed by atoms with van der Waals surface area (Å²) in [5.74, 6) is 1.26. The molecule has 0 aromatic rings. The highest BCUT2D eigenvalue weighted by molar-refractivity contribution is 5.86. The molecule has 3 rings (SSSR count). The highest BCUT2D eigenvalue weighted by atomic mass is 16.2. The Balaban J connectivity index is 1.64. The van der Waals surface area contributed by atoms with E-state index in [4.69, 9.17) is 0 Å². The molecule has 1 saturated carbocycles. The lowest BCUT2D eigenvalue weighted by Gasteiger charge is -2.41. The minimum Gasteiger partial charge on any atom is -0.342 e.